The van der Waals surface area contributed by atoms with Crippen LogP contribution in [0.2, 0.25) is 0 Å². The number of nitrogens with zero attached hydrogens (tertiary/aromatic N) is 1. The van der Waals surface area contributed by atoms with Crippen LogP contribution < -0.4 is 4.74 Å². The number of hydrogen-bond donors (Lipinski definition) is 0. The second-order valence-electron chi connectivity index (χ2n) is 4.59. The Bertz CT molecular complexity index is 783. The molecule has 24 heavy (non-hydrogen) atoms. The number of rotatable bonds is 5. The zero-order chi connectivity index (χ0) is 17.7. The fraction of sp³-hybridized carbons (Fsp3) is 0.0625. The van der Waals surface area contributed by atoms with Gasteiger partial charge in [-0.05, 0) is 42.5 Å². The number of nitro groups is 1. The third-order valence-electron chi connectivity index (χ3n) is 2.92. The molecule has 0 N–H and O–H groups in total. The van der Waals surface area contributed by atoms with Crippen LogP contribution in [0.15, 0.2) is 54.6 Å². The number of ketones is 1. The van der Waals surface area contributed by atoms with Crippen molar-refractivity contribution in [3.8, 4) is 5.75 Å². The van der Waals surface area contributed by atoms with Gasteiger partial charge in [0, 0.05) is 11.6 Å². The number of halogens is 3. The van der Waals surface area contributed by atoms with Crippen LogP contribution in [0.4, 0.5) is 18.9 Å². The lowest BCUT2D eigenvalue weighted by Crippen LogP contribution is -2.17. The minimum Gasteiger partial charge on any atom is -0.406 e. The number of nitro benzene ring substituents is 1. The maximum Gasteiger partial charge on any atom is 0.573 e. The first-order valence-corrected chi connectivity index (χ1v) is 6.58. The number of para-hydroxylation sites is 1. The quantitative estimate of drug-likeness (QED) is 0.351. The highest BCUT2D eigenvalue weighted by Gasteiger charge is 2.31. The van der Waals surface area contributed by atoms with Crippen LogP contribution in [-0.2, 0) is 0 Å². The first-order chi connectivity index (χ1) is 11.3. The minimum atomic E-state index is -4.81. The van der Waals surface area contributed by atoms with Crippen molar-refractivity contribution in [3.63, 3.8) is 0 Å². The summed E-state index contributed by atoms with van der Waals surface area (Å²) in [5.74, 6) is -0.951. The van der Waals surface area contributed by atoms with Gasteiger partial charge in [-0.1, -0.05) is 12.1 Å². The van der Waals surface area contributed by atoms with Crippen molar-refractivity contribution in [1.29, 1.82) is 0 Å². The van der Waals surface area contributed by atoms with Gasteiger partial charge in [-0.25, -0.2) is 0 Å². The molecule has 5 nitrogen and oxygen atoms in total. The van der Waals surface area contributed by atoms with Gasteiger partial charge >= 0.3 is 6.36 Å². The topological polar surface area (TPSA) is 69.4 Å². The van der Waals surface area contributed by atoms with Crippen molar-refractivity contribution >= 4 is 17.5 Å². The molecule has 0 radical (unpaired) electrons. The summed E-state index contributed by atoms with van der Waals surface area (Å²) < 4.78 is 39.9. The molecular formula is C16H10F3NO4. The van der Waals surface area contributed by atoms with Gasteiger partial charge in [-0.15, -0.1) is 13.2 Å². The Balaban J connectivity index is 2.14. The van der Waals surface area contributed by atoms with Crippen LogP contribution >= 0.6 is 0 Å². The zero-order valence-corrected chi connectivity index (χ0v) is 12.0. The number of ether oxygens (including phenoxy) is 1. The zero-order valence-electron chi connectivity index (χ0n) is 12.0. The second-order valence-corrected chi connectivity index (χ2v) is 4.59. The van der Waals surface area contributed by atoms with Gasteiger partial charge < -0.3 is 4.74 Å². The Kier molecular flexibility index (Phi) is 4.98. The lowest BCUT2D eigenvalue weighted by atomic mass is 10.1. The average molecular weight is 337 g/mol. The van der Waals surface area contributed by atoms with E-state index in [-0.39, 0.29) is 16.8 Å². The molecule has 0 fully saturated rings. The molecule has 0 saturated carbocycles. The summed E-state index contributed by atoms with van der Waals surface area (Å²) in [5.41, 5.74) is 0.211. The third kappa shape index (κ3) is 4.67. The highest BCUT2D eigenvalue weighted by atomic mass is 19.4. The number of allylic oxidation sites excluding steroid dienone is 1. The van der Waals surface area contributed by atoms with Gasteiger partial charge in [0.05, 0.1) is 10.5 Å². The second kappa shape index (κ2) is 6.95. The number of alkyl halides is 3. The molecule has 124 valence electrons. The summed E-state index contributed by atoms with van der Waals surface area (Å²) in [5, 5.41) is 10.9. The summed E-state index contributed by atoms with van der Waals surface area (Å²) in [6, 6.07) is 10.2. The average Bonchev–Trinajstić information content (AvgIpc) is 2.52. The van der Waals surface area contributed by atoms with E-state index in [9.17, 15) is 28.1 Å². The van der Waals surface area contributed by atoms with Crippen LogP contribution in [0.25, 0.3) is 6.08 Å². The standard InChI is InChI=1S/C16H10F3NO4/c17-16(18,19)24-13-8-5-12(6-9-13)15(21)10-7-11-3-1-2-4-14(11)20(22)23/h1-10H/b10-7+. The van der Waals surface area contributed by atoms with Crippen LogP contribution in [-0.4, -0.2) is 17.1 Å². The Morgan fingerprint density at radius 2 is 1.71 bits per heavy atom. The molecule has 0 heterocycles. The molecule has 0 aliphatic rings. The fourth-order valence-corrected chi connectivity index (χ4v) is 1.88. The van der Waals surface area contributed by atoms with E-state index in [1.54, 1.807) is 6.07 Å². The smallest absolute Gasteiger partial charge is 0.406 e. The van der Waals surface area contributed by atoms with Crippen LogP contribution in [0.1, 0.15) is 15.9 Å². The van der Waals surface area contributed by atoms with E-state index < -0.39 is 22.8 Å². The summed E-state index contributed by atoms with van der Waals surface area (Å²) in [6.45, 7) is 0. The largest absolute Gasteiger partial charge is 0.573 e. The third-order valence-corrected chi connectivity index (χ3v) is 2.92. The maximum atomic E-state index is 12.1. The van der Waals surface area contributed by atoms with E-state index in [2.05, 4.69) is 4.74 Å². The van der Waals surface area contributed by atoms with Gasteiger partial charge in [-0.2, -0.15) is 0 Å². The van der Waals surface area contributed by atoms with E-state index in [0.29, 0.717) is 0 Å². The maximum absolute atomic E-state index is 12.1. The fourth-order valence-electron chi connectivity index (χ4n) is 1.88. The molecular weight excluding hydrogens is 327 g/mol. The molecule has 0 amide bonds. The molecule has 0 bridgehead atoms. The highest BCUT2D eigenvalue weighted by Crippen LogP contribution is 2.23. The minimum absolute atomic E-state index is 0.124. The SMILES string of the molecule is O=C(/C=C/c1ccccc1[N+](=O)[O-])c1ccc(OC(F)(F)F)cc1. The Hall–Kier alpha value is -3.16. The molecule has 0 aromatic heterocycles. The van der Waals surface area contributed by atoms with E-state index in [4.69, 9.17) is 0 Å². The van der Waals surface area contributed by atoms with Crippen molar-refractivity contribution in [2.45, 2.75) is 6.36 Å². The predicted octanol–water partition coefficient (Wildman–Crippen LogP) is 4.39. The van der Waals surface area contributed by atoms with Crippen LogP contribution in [0.3, 0.4) is 0 Å². The van der Waals surface area contributed by atoms with E-state index in [0.717, 1.165) is 18.2 Å². The van der Waals surface area contributed by atoms with Crippen molar-refractivity contribution in [2.75, 3.05) is 0 Å². The summed E-state index contributed by atoms with van der Waals surface area (Å²) in [6.07, 6.45) is -2.42. The molecule has 0 aliphatic heterocycles. The van der Waals surface area contributed by atoms with Gasteiger partial charge in [-0.3, -0.25) is 14.9 Å². The Labute approximate surface area is 134 Å². The molecule has 8 heteroatoms. The number of carbonyl (C=O) groups excluding carboxylic acids is 1. The summed E-state index contributed by atoms with van der Waals surface area (Å²) in [7, 11) is 0. The lowest BCUT2D eigenvalue weighted by Gasteiger charge is -2.08. The number of benzene rings is 2. The molecule has 2 aromatic rings. The molecule has 2 aromatic carbocycles. The van der Waals surface area contributed by atoms with Crippen LogP contribution in [0, 0.1) is 10.1 Å². The molecule has 2 rings (SSSR count). The molecule has 0 aliphatic carbocycles. The molecule has 0 atom stereocenters. The molecule has 0 spiro atoms. The van der Waals surface area contributed by atoms with Crippen molar-refractivity contribution in [1.82, 2.24) is 0 Å². The Morgan fingerprint density at radius 3 is 2.29 bits per heavy atom. The summed E-state index contributed by atoms with van der Waals surface area (Å²) in [4.78, 5) is 22.3. The van der Waals surface area contributed by atoms with Crippen molar-refractivity contribution in [2.24, 2.45) is 0 Å². The number of hydrogen-bond acceptors (Lipinski definition) is 4. The van der Waals surface area contributed by atoms with E-state index >= 15 is 0 Å². The normalized spacial score (nSPS) is 11.5. The molecule has 0 unspecified atom stereocenters. The monoisotopic (exact) mass is 337 g/mol. The number of carbonyl (C=O) groups is 1. The highest BCUT2D eigenvalue weighted by molar-refractivity contribution is 6.07. The first-order valence-electron chi connectivity index (χ1n) is 6.58. The molecule has 0 saturated heterocycles. The van der Waals surface area contributed by atoms with E-state index in [1.807, 2.05) is 0 Å². The van der Waals surface area contributed by atoms with E-state index in [1.165, 1.54) is 36.4 Å². The Morgan fingerprint density at radius 1 is 1.08 bits per heavy atom. The summed E-state index contributed by atoms with van der Waals surface area (Å²) >= 11 is 0. The predicted molar refractivity (Wildman–Crippen MR) is 79.6 cm³/mol. The van der Waals surface area contributed by atoms with Crippen molar-refractivity contribution < 1.29 is 27.6 Å². The van der Waals surface area contributed by atoms with Gasteiger partial charge in [0.15, 0.2) is 5.78 Å². The first kappa shape index (κ1) is 17.2. The van der Waals surface area contributed by atoms with Gasteiger partial charge in [0.1, 0.15) is 5.75 Å². The van der Waals surface area contributed by atoms with Gasteiger partial charge in [0.2, 0.25) is 0 Å². The van der Waals surface area contributed by atoms with Crippen molar-refractivity contribution in [3.05, 3.63) is 75.8 Å². The van der Waals surface area contributed by atoms with Crippen LogP contribution in [0.5, 0.6) is 5.75 Å². The lowest BCUT2D eigenvalue weighted by molar-refractivity contribution is -0.385. The van der Waals surface area contributed by atoms with Gasteiger partial charge in [0.25, 0.3) is 5.69 Å².